The normalized spacial score (nSPS) is 19.5. The minimum absolute atomic E-state index is 0.0241. The van der Waals surface area contributed by atoms with Crippen molar-refractivity contribution in [3.63, 3.8) is 0 Å². The molecule has 1 N–H and O–H groups in total. The molecular weight excluding hydrogens is 360 g/mol. The fraction of sp³-hybridized carbons (Fsp3) is 0.429. The molecule has 1 aromatic heterocycles. The van der Waals surface area contributed by atoms with E-state index in [0.29, 0.717) is 32.1 Å². The number of rotatable bonds is 6. The van der Waals surface area contributed by atoms with E-state index in [9.17, 15) is 9.59 Å². The van der Waals surface area contributed by atoms with Crippen LogP contribution in [0.2, 0.25) is 0 Å². The van der Waals surface area contributed by atoms with E-state index in [0.717, 1.165) is 23.5 Å². The number of nitrogens with zero attached hydrogens (tertiary/aromatic N) is 1. The molecule has 4 rings (SSSR count). The summed E-state index contributed by atoms with van der Waals surface area (Å²) in [6, 6.07) is 9.23. The first-order chi connectivity index (χ1) is 13.6. The van der Waals surface area contributed by atoms with E-state index in [1.54, 1.807) is 17.2 Å². The van der Waals surface area contributed by atoms with Crippen LogP contribution in [0.1, 0.15) is 37.1 Å². The average Bonchev–Trinajstić information content (AvgIpc) is 3.36. The Kier molecular flexibility index (Phi) is 5.23. The van der Waals surface area contributed by atoms with Crippen LogP contribution in [0.5, 0.6) is 11.5 Å². The molecule has 2 unspecified atom stereocenters. The molecule has 0 radical (unpaired) electrons. The van der Waals surface area contributed by atoms with Crippen molar-refractivity contribution in [2.75, 3.05) is 19.8 Å². The van der Waals surface area contributed by atoms with Gasteiger partial charge in [0.25, 0.3) is 0 Å². The smallest absolute Gasteiger partial charge is 0.225 e. The molecule has 2 atom stereocenters. The Bertz CT molecular complexity index is 848. The van der Waals surface area contributed by atoms with Crippen LogP contribution in [0.25, 0.3) is 0 Å². The molecule has 2 aromatic rings. The van der Waals surface area contributed by atoms with Gasteiger partial charge in [0.15, 0.2) is 11.5 Å². The molecule has 7 nitrogen and oxygen atoms in total. The summed E-state index contributed by atoms with van der Waals surface area (Å²) < 4.78 is 16.5. The summed E-state index contributed by atoms with van der Waals surface area (Å²) in [6.45, 7) is 3.89. The summed E-state index contributed by atoms with van der Waals surface area (Å²) in [5, 5.41) is 3.09. The number of furan rings is 1. The van der Waals surface area contributed by atoms with Gasteiger partial charge in [-0.3, -0.25) is 9.59 Å². The third kappa shape index (κ3) is 3.83. The predicted molar refractivity (Wildman–Crippen MR) is 101 cm³/mol. The number of nitrogens with one attached hydrogen (secondary N) is 1. The first-order valence-electron chi connectivity index (χ1n) is 9.64. The lowest BCUT2D eigenvalue weighted by atomic mass is 10.0. The number of amides is 2. The van der Waals surface area contributed by atoms with Crippen LogP contribution in [0.4, 0.5) is 0 Å². The van der Waals surface area contributed by atoms with Crippen molar-refractivity contribution in [1.29, 1.82) is 0 Å². The Labute approximate surface area is 163 Å². The highest BCUT2D eigenvalue weighted by atomic mass is 16.6. The SMILES string of the molecule is CCC(NC(=O)C1CC(=O)N(Cc2ccco2)C1)c1ccc2c(c1)OCCO2. The second-order valence-corrected chi connectivity index (χ2v) is 7.13. The highest BCUT2D eigenvalue weighted by Gasteiger charge is 2.35. The van der Waals surface area contributed by atoms with Gasteiger partial charge in [0.1, 0.15) is 19.0 Å². The topological polar surface area (TPSA) is 81.0 Å². The van der Waals surface area contributed by atoms with Crippen molar-refractivity contribution in [3.8, 4) is 11.5 Å². The van der Waals surface area contributed by atoms with Gasteiger partial charge in [-0.05, 0) is 36.2 Å². The van der Waals surface area contributed by atoms with Crippen LogP contribution in [0.3, 0.4) is 0 Å². The maximum absolute atomic E-state index is 12.8. The molecule has 0 saturated carbocycles. The molecule has 1 aromatic carbocycles. The van der Waals surface area contributed by atoms with Gasteiger partial charge in [-0.25, -0.2) is 0 Å². The van der Waals surface area contributed by atoms with Gasteiger partial charge in [-0.15, -0.1) is 0 Å². The van der Waals surface area contributed by atoms with E-state index in [1.807, 2.05) is 31.2 Å². The van der Waals surface area contributed by atoms with Crippen LogP contribution >= 0.6 is 0 Å². The van der Waals surface area contributed by atoms with Gasteiger partial charge in [0, 0.05) is 13.0 Å². The second-order valence-electron chi connectivity index (χ2n) is 7.13. The lowest BCUT2D eigenvalue weighted by molar-refractivity contribution is -0.129. The zero-order valence-electron chi connectivity index (χ0n) is 15.8. The van der Waals surface area contributed by atoms with Gasteiger partial charge >= 0.3 is 0 Å². The average molecular weight is 384 g/mol. The summed E-state index contributed by atoms with van der Waals surface area (Å²) in [4.78, 5) is 26.8. The van der Waals surface area contributed by atoms with Gasteiger partial charge in [0.2, 0.25) is 11.8 Å². The fourth-order valence-electron chi connectivity index (χ4n) is 3.68. The standard InChI is InChI=1S/C21H24N2O5/c1-2-17(14-5-6-18-19(10-14)28-9-8-27-18)22-21(25)15-11-20(24)23(12-15)13-16-4-3-7-26-16/h3-7,10,15,17H,2,8-9,11-13H2,1H3,(H,22,25). The van der Waals surface area contributed by atoms with Crippen molar-refractivity contribution in [3.05, 3.63) is 47.9 Å². The molecule has 2 aliphatic rings. The number of carbonyl (C=O) groups is 2. The number of carbonyl (C=O) groups excluding carboxylic acids is 2. The van der Waals surface area contributed by atoms with E-state index in [4.69, 9.17) is 13.9 Å². The first-order valence-corrected chi connectivity index (χ1v) is 9.64. The van der Waals surface area contributed by atoms with E-state index in [1.165, 1.54) is 0 Å². The molecule has 0 spiro atoms. The number of hydrogen-bond donors (Lipinski definition) is 1. The maximum atomic E-state index is 12.8. The number of benzene rings is 1. The molecule has 0 bridgehead atoms. The van der Waals surface area contributed by atoms with Crippen molar-refractivity contribution in [1.82, 2.24) is 10.2 Å². The fourth-order valence-corrected chi connectivity index (χ4v) is 3.68. The zero-order valence-corrected chi connectivity index (χ0v) is 15.8. The Hall–Kier alpha value is -2.96. The third-order valence-electron chi connectivity index (χ3n) is 5.21. The van der Waals surface area contributed by atoms with Crippen molar-refractivity contribution < 1.29 is 23.5 Å². The number of hydrogen-bond acceptors (Lipinski definition) is 5. The molecule has 1 saturated heterocycles. The van der Waals surface area contributed by atoms with Crippen molar-refractivity contribution in [2.45, 2.75) is 32.4 Å². The van der Waals surface area contributed by atoms with E-state index in [2.05, 4.69) is 5.32 Å². The second kappa shape index (κ2) is 7.96. The lowest BCUT2D eigenvalue weighted by Crippen LogP contribution is -2.35. The van der Waals surface area contributed by atoms with Crippen LogP contribution in [-0.4, -0.2) is 36.5 Å². The Morgan fingerprint density at radius 3 is 2.82 bits per heavy atom. The highest BCUT2D eigenvalue weighted by Crippen LogP contribution is 2.33. The molecular formula is C21H24N2O5. The molecule has 148 valence electrons. The summed E-state index contributed by atoms with van der Waals surface area (Å²) in [5.74, 6) is 1.68. The molecule has 7 heteroatoms. The lowest BCUT2D eigenvalue weighted by Gasteiger charge is -2.23. The summed E-state index contributed by atoms with van der Waals surface area (Å²) in [5.41, 5.74) is 0.969. The number of likely N-dealkylation sites (tertiary alicyclic amines) is 1. The summed E-state index contributed by atoms with van der Waals surface area (Å²) in [7, 11) is 0. The Morgan fingerprint density at radius 1 is 1.25 bits per heavy atom. The predicted octanol–water partition coefficient (Wildman–Crippen LogP) is 2.67. The summed E-state index contributed by atoms with van der Waals surface area (Å²) in [6.07, 6.45) is 2.55. The zero-order chi connectivity index (χ0) is 19.5. The van der Waals surface area contributed by atoms with E-state index in [-0.39, 0.29) is 30.2 Å². The van der Waals surface area contributed by atoms with Gasteiger partial charge in [0.05, 0.1) is 24.8 Å². The molecule has 28 heavy (non-hydrogen) atoms. The molecule has 2 amide bonds. The number of ether oxygens (including phenoxy) is 2. The minimum Gasteiger partial charge on any atom is -0.486 e. The van der Waals surface area contributed by atoms with E-state index < -0.39 is 0 Å². The van der Waals surface area contributed by atoms with Crippen LogP contribution in [-0.2, 0) is 16.1 Å². The third-order valence-corrected chi connectivity index (χ3v) is 5.21. The first kappa shape index (κ1) is 18.4. The molecule has 1 fully saturated rings. The van der Waals surface area contributed by atoms with Gasteiger partial charge in [-0.2, -0.15) is 0 Å². The van der Waals surface area contributed by atoms with Crippen LogP contribution in [0.15, 0.2) is 41.0 Å². The largest absolute Gasteiger partial charge is 0.486 e. The molecule has 0 aliphatic carbocycles. The molecule has 2 aliphatic heterocycles. The van der Waals surface area contributed by atoms with Crippen molar-refractivity contribution in [2.24, 2.45) is 5.92 Å². The minimum atomic E-state index is -0.353. The monoisotopic (exact) mass is 384 g/mol. The maximum Gasteiger partial charge on any atom is 0.225 e. The van der Waals surface area contributed by atoms with Crippen LogP contribution < -0.4 is 14.8 Å². The van der Waals surface area contributed by atoms with Gasteiger partial charge in [-0.1, -0.05) is 13.0 Å². The van der Waals surface area contributed by atoms with E-state index >= 15 is 0 Å². The number of fused-ring (bicyclic) bond motifs is 1. The Balaban J connectivity index is 1.40. The van der Waals surface area contributed by atoms with Crippen LogP contribution in [0, 0.1) is 5.92 Å². The van der Waals surface area contributed by atoms with Crippen molar-refractivity contribution >= 4 is 11.8 Å². The highest BCUT2D eigenvalue weighted by molar-refractivity contribution is 5.89. The summed E-state index contributed by atoms with van der Waals surface area (Å²) >= 11 is 0. The molecule has 3 heterocycles. The Morgan fingerprint density at radius 2 is 2.07 bits per heavy atom. The van der Waals surface area contributed by atoms with Gasteiger partial charge < -0.3 is 24.1 Å². The quantitative estimate of drug-likeness (QED) is 0.828.